The molecule has 6 heteroatoms. The third kappa shape index (κ3) is 5.67. The van der Waals surface area contributed by atoms with Gasteiger partial charge in [0.2, 0.25) is 0 Å². The Labute approximate surface area is 133 Å². The largest absolute Gasteiger partial charge is 0.444 e. The number of alkyl carbamates (subject to hydrolysis) is 1. The van der Waals surface area contributed by atoms with Crippen molar-refractivity contribution in [3.63, 3.8) is 0 Å². The van der Waals surface area contributed by atoms with Crippen molar-refractivity contribution in [3.8, 4) is 0 Å². The molecule has 1 amide bonds. The summed E-state index contributed by atoms with van der Waals surface area (Å²) in [4.78, 5) is 11.8. The van der Waals surface area contributed by atoms with Crippen molar-refractivity contribution in [2.75, 3.05) is 6.54 Å². The average molecular weight is 310 g/mol. The minimum Gasteiger partial charge on any atom is -0.444 e. The highest BCUT2D eigenvalue weighted by Crippen LogP contribution is 2.17. The molecule has 0 aliphatic carbocycles. The van der Waals surface area contributed by atoms with Crippen molar-refractivity contribution in [2.24, 2.45) is 13.0 Å². The fourth-order valence-corrected chi connectivity index (χ4v) is 1.91. The Kier molecular flexibility index (Phi) is 6.00. The van der Waals surface area contributed by atoms with Gasteiger partial charge < -0.3 is 15.4 Å². The quantitative estimate of drug-likeness (QED) is 0.847. The molecule has 0 aliphatic heterocycles. The highest BCUT2D eigenvalue weighted by atomic mass is 16.6. The van der Waals surface area contributed by atoms with Crippen LogP contribution in [0.4, 0.5) is 4.79 Å². The van der Waals surface area contributed by atoms with Crippen LogP contribution in [0.5, 0.6) is 0 Å². The highest BCUT2D eigenvalue weighted by molar-refractivity contribution is 5.67. The molecule has 1 unspecified atom stereocenters. The smallest absolute Gasteiger partial charge is 0.407 e. The highest BCUT2D eigenvalue weighted by Gasteiger charge is 2.29. The fourth-order valence-electron chi connectivity index (χ4n) is 1.91. The first-order valence-corrected chi connectivity index (χ1v) is 7.72. The van der Waals surface area contributed by atoms with E-state index in [1.807, 2.05) is 38.6 Å². The summed E-state index contributed by atoms with van der Waals surface area (Å²) in [7, 11) is 1.92. The number of ether oxygens (including phenoxy) is 1. The average Bonchev–Trinajstić information content (AvgIpc) is 2.77. The first-order chi connectivity index (χ1) is 10.0. The maximum atomic E-state index is 11.8. The van der Waals surface area contributed by atoms with Gasteiger partial charge in [0.15, 0.2) is 0 Å². The number of aromatic nitrogens is 2. The maximum absolute atomic E-state index is 11.8. The van der Waals surface area contributed by atoms with Crippen molar-refractivity contribution in [3.05, 3.63) is 18.0 Å². The Hall–Kier alpha value is -1.56. The maximum Gasteiger partial charge on any atom is 0.407 e. The predicted molar refractivity (Wildman–Crippen MR) is 87.5 cm³/mol. The number of rotatable bonds is 6. The number of hydrogen-bond donors (Lipinski definition) is 2. The number of aryl methyl sites for hydroxylation is 1. The molecule has 22 heavy (non-hydrogen) atoms. The molecule has 0 aliphatic rings. The molecule has 0 spiro atoms. The molecule has 0 bridgehead atoms. The summed E-state index contributed by atoms with van der Waals surface area (Å²) in [6.45, 7) is 13.1. The zero-order valence-corrected chi connectivity index (χ0v) is 14.9. The molecule has 1 atom stereocenters. The van der Waals surface area contributed by atoms with Gasteiger partial charge in [-0.3, -0.25) is 4.68 Å². The van der Waals surface area contributed by atoms with E-state index in [0.29, 0.717) is 19.0 Å². The zero-order chi connectivity index (χ0) is 17.0. The Morgan fingerprint density at radius 2 is 2.00 bits per heavy atom. The second-order valence-electron chi connectivity index (χ2n) is 7.23. The first-order valence-electron chi connectivity index (χ1n) is 7.72. The lowest BCUT2D eigenvalue weighted by Gasteiger charge is -2.35. The van der Waals surface area contributed by atoms with E-state index in [1.165, 1.54) is 0 Å². The summed E-state index contributed by atoms with van der Waals surface area (Å²) >= 11 is 0. The number of hydrogen-bond acceptors (Lipinski definition) is 4. The first kappa shape index (κ1) is 18.5. The lowest BCUT2D eigenvalue weighted by molar-refractivity contribution is 0.0503. The third-order valence-corrected chi connectivity index (χ3v) is 3.87. The molecule has 1 rings (SSSR count). The van der Waals surface area contributed by atoms with Crippen molar-refractivity contribution in [1.29, 1.82) is 0 Å². The Morgan fingerprint density at radius 3 is 2.45 bits per heavy atom. The Morgan fingerprint density at radius 1 is 1.36 bits per heavy atom. The van der Waals surface area contributed by atoms with Crippen LogP contribution in [0.25, 0.3) is 0 Å². The van der Waals surface area contributed by atoms with Gasteiger partial charge in [-0.25, -0.2) is 4.79 Å². The van der Waals surface area contributed by atoms with Gasteiger partial charge in [0.1, 0.15) is 5.60 Å². The molecule has 1 heterocycles. The second kappa shape index (κ2) is 7.13. The molecule has 6 nitrogen and oxygen atoms in total. The predicted octanol–water partition coefficient (Wildman–Crippen LogP) is 2.45. The van der Waals surface area contributed by atoms with E-state index in [0.717, 1.165) is 5.69 Å². The number of carbonyl (C=O) groups excluding carboxylic acids is 1. The molecule has 1 aromatic rings. The molecule has 2 N–H and O–H groups in total. The zero-order valence-electron chi connectivity index (χ0n) is 14.9. The van der Waals surface area contributed by atoms with Gasteiger partial charge in [-0.1, -0.05) is 13.8 Å². The van der Waals surface area contributed by atoms with Gasteiger partial charge in [-0.2, -0.15) is 5.10 Å². The second-order valence-corrected chi connectivity index (χ2v) is 7.23. The topological polar surface area (TPSA) is 68.2 Å². The van der Waals surface area contributed by atoms with E-state index < -0.39 is 5.60 Å². The normalized spacial score (nSPS) is 14.7. The van der Waals surface area contributed by atoms with Crippen LogP contribution < -0.4 is 10.6 Å². The monoisotopic (exact) mass is 310 g/mol. The van der Waals surface area contributed by atoms with Crippen molar-refractivity contribution in [1.82, 2.24) is 20.4 Å². The summed E-state index contributed by atoms with van der Waals surface area (Å²) in [5.41, 5.74) is 0.380. The van der Waals surface area contributed by atoms with Crippen LogP contribution in [0, 0.1) is 5.92 Å². The molecule has 0 aromatic carbocycles. The summed E-state index contributed by atoms with van der Waals surface area (Å²) in [6.07, 6.45) is 1.39. The fraction of sp³-hybridized carbons (Fsp3) is 0.750. The van der Waals surface area contributed by atoms with Gasteiger partial charge in [-0.05, 0) is 39.7 Å². The van der Waals surface area contributed by atoms with E-state index in [-0.39, 0.29) is 11.6 Å². The molecule has 0 radical (unpaired) electrons. The molecule has 0 saturated carbocycles. The summed E-state index contributed by atoms with van der Waals surface area (Å²) in [5.74, 6) is 0.343. The minimum atomic E-state index is -0.486. The van der Waals surface area contributed by atoms with E-state index in [4.69, 9.17) is 4.74 Å². The van der Waals surface area contributed by atoms with Crippen LogP contribution in [0.2, 0.25) is 0 Å². The van der Waals surface area contributed by atoms with Gasteiger partial charge in [0.05, 0.1) is 5.69 Å². The van der Waals surface area contributed by atoms with Crippen LogP contribution in [0.1, 0.15) is 47.2 Å². The SMILES string of the molecule is CC(C)C(C)(CNC(=O)OC(C)(C)C)NCc1ccnn1C. The summed E-state index contributed by atoms with van der Waals surface area (Å²) in [6, 6.07) is 1.98. The van der Waals surface area contributed by atoms with Crippen LogP contribution >= 0.6 is 0 Å². The van der Waals surface area contributed by atoms with E-state index >= 15 is 0 Å². The Balaban J connectivity index is 2.59. The third-order valence-electron chi connectivity index (χ3n) is 3.87. The number of nitrogens with zero attached hydrogens (tertiary/aromatic N) is 2. The molecule has 0 fully saturated rings. The van der Waals surface area contributed by atoms with E-state index in [9.17, 15) is 4.79 Å². The summed E-state index contributed by atoms with van der Waals surface area (Å²) < 4.78 is 7.13. The Bertz CT molecular complexity index is 491. The molecule has 126 valence electrons. The molecule has 1 aromatic heterocycles. The molecular formula is C16H30N4O2. The molecule has 0 saturated heterocycles. The van der Waals surface area contributed by atoms with Gasteiger partial charge in [-0.15, -0.1) is 0 Å². The standard InChI is InChI=1S/C16H30N4O2/c1-12(2)16(6,11-17-14(21)22-15(3,4)5)18-10-13-8-9-19-20(13)7/h8-9,12,18H,10-11H2,1-7H3,(H,17,21). The van der Waals surface area contributed by atoms with Gasteiger partial charge in [0.25, 0.3) is 0 Å². The van der Waals surface area contributed by atoms with Crippen LogP contribution in [0.3, 0.4) is 0 Å². The van der Waals surface area contributed by atoms with Gasteiger partial charge in [0, 0.05) is 31.9 Å². The van der Waals surface area contributed by atoms with Crippen LogP contribution in [-0.4, -0.2) is 33.6 Å². The lowest BCUT2D eigenvalue weighted by atomic mass is 9.88. The lowest BCUT2D eigenvalue weighted by Crippen LogP contribution is -2.55. The number of carbonyl (C=O) groups is 1. The van der Waals surface area contributed by atoms with Gasteiger partial charge >= 0.3 is 6.09 Å². The number of nitrogens with one attached hydrogen (secondary N) is 2. The van der Waals surface area contributed by atoms with Crippen LogP contribution in [-0.2, 0) is 18.3 Å². The molecular weight excluding hydrogens is 280 g/mol. The van der Waals surface area contributed by atoms with E-state index in [2.05, 4.69) is 36.5 Å². The van der Waals surface area contributed by atoms with Crippen molar-refractivity contribution < 1.29 is 9.53 Å². The minimum absolute atomic E-state index is 0.235. The van der Waals surface area contributed by atoms with Crippen LogP contribution in [0.15, 0.2) is 12.3 Å². The summed E-state index contributed by atoms with van der Waals surface area (Å²) in [5, 5.41) is 10.5. The van der Waals surface area contributed by atoms with Crippen molar-refractivity contribution in [2.45, 2.75) is 59.2 Å². The number of amides is 1. The van der Waals surface area contributed by atoms with Crippen molar-refractivity contribution >= 4 is 6.09 Å². The van der Waals surface area contributed by atoms with E-state index in [1.54, 1.807) is 6.20 Å².